The van der Waals surface area contributed by atoms with Gasteiger partial charge in [0.2, 0.25) is 0 Å². The number of hydrogen-bond acceptors (Lipinski definition) is 3. The Kier molecular flexibility index (Phi) is 3.36. The Hall–Kier alpha value is -0.410. The molecule has 0 bridgehead atoms. The number of Topliss-reactive ketones (excluding diaryl/α,β-unsaturated/α-hetero) is 1. The molecule has 2 aliphatic rings. The van der Waals surface area contributed by atoms with Gasteiger partial charge in [0.15, 0.2) is 5.78 Å². The number of carbonyl (C=O) groups is 1. The first-order chi connectivity index (χ1) is 7.50. The van der Waals surface area contributed by atoms with Crippen molar-refractivity contribution in [1.29, 1.82) is 0 Å². The number of fused-ring (bicyclic) bond motifs is 1. The maximum absolute atomic E-state index is 12.0. The van der Waals surface area contributed by atoms with Crippen LogP contribution in [0.2, 0.25) is 0 Å². The zero-order chi connectivity index (χ0) is 11.9. The van der Waals surface area contributed by atoms with Gasteiger partial charge in [-0.3, -0.25) is 9.69 Å². The molecule has 3 heteroatoms. The minimum Gasteiger partial charge on any atom is -0.377 e. The second-order valence-corrected chi connectivity index (χ2v) is 5.73. The van der Waals surface area contributed by atoms with Crippen molar-refractivity contribution in [2.24, 2.45) is 11.8 Å². The summed E-state index contributed by atoms with van der Waals surface area (Å²) in [5.74, 6) is 1.20. The van der Waals surface area contributed by atoms with Crippen LogP contribution in [0, 0.1) is 11.8 Å². The van der Waals surface area contributed by atoms with Crippen LogP contribution in [0.4, 0.5) is 0 Å². The highest BCUT2D eigenvalue weighted by molar-refractivity contribution is 5.89. The molecule has 0 aromatic rings. The third-order valence-corrected chi connectivity index (χ3v) is 3.99. The van der Waals surface area contributed by atoms with Crippen LogP contribution in [-0.4, -0.2) is 42.0 Å². The number of carbonyl (C=O) groups excluding carboxylic acids is 1. The summed E-state index contributed by atoms with van der Waals surface area (Å²) in [7, 11) is 0. The first-order valence-corrected chi connectivity index (χ1v) is 6.41. The normalized spacial score (nSPS) is 39.7. The molecule has 2 saturated heterocycles. The Morgan fingerprint density at radius 3 is 2.69 bits per heavy atom. The average Bonchev–Trinajstić information content (AvgIpc) is 2.73. The zero-order valence-corrected chi connectivity index (χ0v) is 10.8. The second kappa shape index (κ2) is 4.46. The van der Waals surface area contributed by atoms with E-state index >= 15 is 0 Å². The summed E-state index contributed by atoms with van der Waals surface area (Å²) in [6, 6.07) is 0.535. The van der Waals surface area contributed by atoms with Crippen molar-refractivity contribution in [1.82, 2.24) is 4.90 Å². The van der Waals surface area contributed by atoms with Gasteiger partial charge < -0.3 is 4.74 Å². The van der Waals surface area contributed by atoms with E-state index in [1.54, 1.807) is 0 Å². The zero-order valence-electron chi connectivity index (χ0n) is 10.8. The molecule has 2 heterocycles. The van der Waals surface area contributed by atoms with E-state index < -0.39 is 0 Å². The predicted octanol–water partition coefficient (Wildman–Crippen LogP) is 1.71. The smallest absolute Gasteiger partial charge is 0.154 e. The highest BCUT2D eigenvalue weighted by Crippen LogP contribution is 2.34. The SMILES string of the molecule is CC(C)CO[C@@H]1C[C@H]2C(=O)C(C)C(C)N2C1. The number of ether oxygens (including phenoxy) is 1. The molecule has 0 spiro atoms. The summed E-state index contributed by atoms with van der Waals surface area (Å²) in [5.41, 5.74) is 0. The minimum absolute atomic E-state index is 0.141. The number of ketones is 1. The van der Waals surface area contributed by atoms with Gasteiger partial charge in [-0.15, -0.1) is 0 Å². The van der Waals surface area contributed by atoms with Crippen LogP contribution in [-0.2, 0) is 9.53 Å². The lowest BCUT2D eigenvalue weighted by Crippen LogP contribution is -2.32. The minimum atomic E-state index is 0.141. The van der Waals surface area contributed by atoms with Crippen molar-refractivity contribution >= 4 is 5.78 Å². The van der Waals surface area contributed by atoms with Gasteiger partial charge in [0.25, 0.3) is 0 Å². The molecule has 4 atom stereocenters. The van der Waals surface area contributed by atoms with E-state index in [0.29, 0.717) is 17.7 Å². The van der Waals surface area contributed by atoms with Gasteiger partial charge in [0, 0.05) is 25.1 Å². The lowest BCUT2D eigenvalue weighted by atomic mass is 9.98. The van der Waals surface area contributed by atoms with Gasteiger partial charge in [-0.25, -0.2) is 0 Å². The monoisotopic (exact) mass is 225 g/mol. The fraction of sp³-hybridized carbons (Fsp3) is 0.923. The topological polar surface area (TPSA) is 29.5 Å². The highest BCUT2D eigenvalue weighted by atomic mass is 16.5. The molecule has 0 N–H and O–H groups in total. The molecular weight excluding hydrogens is 202 g/mol. The number of rotatable bonds is 3. The van der Waals surface area contributed by atoms with Crippen molar-refractivity contribution in [3.63, 3.8) is 0 Å². The van der Waals surface area contributed by atoms with Crippen LogP contribution in [0.3, 0.4) is 0 Å². The average molecular weight is 225 g/mol. The fourth-order valence-corrected chi connectivity index (χ4v) is 2.83. The molecule has 2 aliphatic heterocycles. The van der Waals surface area contributed by atoms with E-state index in [-0.39, 0.29) is 18.1 Å². The van der Waals surface area contributed by atoms with E-state index in [1.165, 1.54) is 0 Å². The summed E-state index contributed by atoms with van der Waals surface area (Å²) in [6.07, 6.45) is 1.17. The van der Waals surface area contributed by atoms with Crippen LogP contribution < -0.4 is 0 Å². The Morgan fingerprint density at radius 2 is 2.12 bits per heavy atom. The second-order valence-electron chi connectivity index (χ2n) is 5.73. The van der Waals surface area contributed by atoms with Gasteiger partial charge in [0.1, 0.15) is 0 Å². The van der Waals surface area contributed by atoms with E-state index in [0.717, 1.165) is 19.6 Å². The summed E-state index contributed by atoms with van der Waals surface area (Å²) >= 11 is 0. The first-order valence-electron chi connectivity index (χ1n) is 6.41. The Bertz CT molecular complexity index is 277. The van der Waals surface area contributed by atoms with Crippen molar-refractivity contribution < 1.29 is 9.53 Å². The molecule has 0 aliphatic carbocycles. The summed E-state index contributed by atoms with van der Waals surface area (Å²) in [5, 5.41) is 0. The van der Waals surface area contributed by atoms with Gasteiger partial charge >= 0.3 is 0 Å². The van der Waals surface area contributed by atoms with Crippen molar-refractivity contribution in [2.75, 3.05) is 13.2 Å². The standard InChI is InChI=1S/C13H23NO2/c1-8(2)7-16-11-5-12-13(15)9(3)10(4)14(12)6-11/h8-12H,5-7H2,1-4H3/t9?,10?,11-,12+/m1/s1. The van der Waals surface area contributed by atoms with Crippen LogP contribution in [0.15, 0.2) is 0 Å². The molecule has 2 fully saturated rings. The summed E-state index contributed by atoms with van der Waals surface area (Å²) < 4.78 is 5.84. The van der Waals surface area contributed by atoms with E-state index in [2.05, 4.69) is 32.6 Å². The van der Waals surface area contributed by atoms with Crippen molar-refractivity contribution in [3.05, 3.63) is 0 Å². The third kappa shape index (κ3) is 2.03. The number of hydrogen-bond donors (Lipinski definition) is 0. The lowest BCUT2D eigenvalue weighted by Gasteiger charge is -2.21. The molecule has 0 amide bonds. The molecule has 0 aromatic heterocycles. The van der Waals surface area contributed by atoms with Crippen LogP contribution in [0.25, 0.3) is 0 Å². The fourth-order valence-electron chi connectivity index (χ4n) is 2.83. The molecule has 92 valence electrons. The number of nitrogens with zero attached hydrogens (tertiary/aromatic N) is 1. The van der Waals surface area contributed by atoms with Gasteiger partial charge in [-0.2, -0.15) is 0 Å². The summed E-state index contributed by atoms with van der Waals surface area (Å²) in [4.78, 5) is 14.3. The van der Waals surface area contributed by atoms with E-state index in [9.17, 15) is 4.79 Å². The Labute approximate surface area is 98.1 Å². The van der Waals surface area contributed by atoms with Crippen LogP contribution in [0.1, 0.15) is 34.1 Å². The quantitative estimate of drug-likeness (QED) is 0.732. The van der Waals surface area contributed by atoms with Crippen LogP contribution in [0.5, 0.6) is 0 Å². The molecule has 0 radical (unpaired) electrons. The molecule has 2 unspecified atom stereocenters. The first kappa shape index (κ1) is 12.1. The lowest BCUT2D eigenvalue weighted by molar-refractivity contribution is -0.122. The summed E-state index contributed by atoms with van der Waals surface area (Å²) in [6.45, 7) is 10.3. The van der Waals surface area contributed by atoms with Crippen molar-refractivity contribution in [2.45, 2.75) is 52.3 Å². The van der Waals surface area contributed by atoms with Crippen LogP contribution >= 0.6 is 0 Å². The maximum atomic E-state index is 12.0. The molecule has 0 saturated carbocycles. The van der Waals surface area contributed by atoms with Crippen molar-refractivity contribution in [3.8, 4) is 0 Å². The Morgan fingerprint density at radius 1 is 1.44 bits per heavy atom. The molecule has 3 nitrogen and oxygen atoms in total. The van der Waals surface area contributed by atoms with Gasteiger partial charge in [-0.05, 0) is 19.3 Å². The largest absolute Gasteiger partial charge is 0.377 e. The maximum Gasteiger partial charge on any atom is 0.154 e. The third-order valence-electron chi connectivity index (χ3n) is 3.99. The molecule has 2 rings (SSSR count). The van der Waals surface area contributed by atoms with E-state index in [1.807, 2.05) is 0 Å². The van der Waals surface area contributed by atoms with E-state index in [4.69, 9.17) is 4.74 Å². The molecule has 0 aromatic carbocycles. The molecular formula is C13H23NO2. The van der Waals surface area contributed by atoms with Gasteiger partial charge in [0.05, 0.1) is 12.1 Å². The Balaban J connectivity index is 1.92. The highest BCUT2D eigenvalue weighted by Gasteiger charge is 2.48. The molecule has 16 heavy (non-hydrogen) atoms. The van der Waals surface area contributed by atoms with Gasteiger partial charge in [-0.1, -0.05) is 20.8 Å². The predicted molar refractivity (Wildman–Crippen MR) is 63.3 cm³/mol.